The molecule has 166 valence electrons. The molecule has 0 bridgehead atoms. The first kappa shape index (κ1) is 22.4. The number of hydrogen-bond acceptors (Lipinski definition) is 4. The lowest BCUT2D eigenvalue weighted by atomic mass is 9.89. The number of imide groups is 3. The molecule has 0 saturated heterocycles. The van der Waals surface area contributed by atoms with Crippen LogP contribution in [-0.2, 0) is 9.59 Å². The second-order valence-electron chi connectivity index (χ2n) is 7.85. The van der Waals surface area contributed by atoms with Crippen LogP contribution >= 0.6 is 11.6 Å². The Kier molecular flexibility index (Phi) is 6.38. The van der Waals surface area contributed by atoms with Gasteiger partial charge in [0.2, 0.25) is 5.91 Å². The first-order valence-corrected chi connectivity index (χ1v) is 10.8. The van der Waals surface area contributed by atoms with Gasteiger partial charge in [-0.15, -0.1) is 0 Å². The Hall–Kier alpha value is -3.77. The lowest BCUT2D eigenvalue weighted by molar-refractivity contribution is -0.137. The van der Waals surface area contributed by atoms with Crippen LogP contribution in [0, 0.1) is 0 Å². The zero-order chi connectivity index (χ0) is 23.5. The van der Waals surface area contributed by atoms with Gasteiger partial charge in [0.1, 0.15) is 0 Å². The molecule has 1 N–H and O–H groups in total. The van der Waals surface area contributed by atoms with Gasteiger partial charge in [-0.2, -0.15) is 0 Å². The number of nitrogens with zero attached hydrogens (tertiary/aromatic N) is 1. The van der Waals surface area contributed by atoms with Gasteiger partial charge in [0.25, 0.3) is 11.8 Å². The average molecular weight is 462 g/mol. The summed E-state index contributed by atoms with van der Waals surface area (Å²) >= 11 is 5.95. The van der Waals surface area contributed by atoms with Crippen molar-refractivity contribution in [2.75, 3.05) is 0 Å². The van der Waals surface area contributed by atoms with Crippen LogP contribution in [0.25, 0.3) is 11.1 Å². The number of rotatable bonds is 7. The van der Waals surface area contributed by atoms with Gasteiger partial charge in [0.05, 0.1) is 11.1 Å². The smallest absolute Gasteiger partial charge is 0.303 e. The van der Waals surface area contributed by atoms with Crippen LogP contribution in [0.15, 0.2) is 72.8 Å². The fourth-order valence-corrected chi connectivity index (χ4v) is 4.12. The molecular formula is C26H20ClNO5. The lowest BCUT2D eigenvalue weighted by Crippen LogP contribution is -2.36. The zero-order valence-corrected chi connectivity index (χ0v) is 18.3. The molecule has 1 atom stereocenters. The number of carbonyl (C=O) groups excluding carboxylic acids is 3. The van der Waals surface area contributed by atoms with Crippen molar-refractivity contribution < 1.29 is 24.3 Å². The minimum Gasteiger partial charge on any atom is -0.481 e. The first-order chi connectivity index (χ1) is 15.8. The highest BCUT2D eigenvalue weighted by atomic mass is 35.5. The molecule has 1 unspecified atom stereocenters. The number of halogens is 1. The summed E-state index contributed by atoms with van der Waals surface area (Å²) < 4.78 is 0. The van der Waals surface area contributed by atoms with E-state index >= 15 is 0 Å². The van der Waals surface area contributed by atoms with Crippen LogP contribution < -0.4 is 0 Å². The van der Waals surface area contributed by atoms with E-state index in [1.165, 1.54) is 12.1 Å². The number of carboxylic acid groups (broad SMARTS) is 1. The molecular weight excluding hydrogens is 442 g/mol. The van der Waals surface area contributed by atoms with Gasteiger partial charge in [0, 0.05) is 17.9 Å². The molecule has 0 radical (unpaired) electrons. The summed E-state index contributed by atoms with van der Waals surface area (Å²) in [7, 11) is 0. The third kappa shape index (κ3) is 4.71. The topological polar surface area (TPSA) is 91.8 Å². The molecule has 1 heterocycles. The molecule has 0 spiro atoms. The lowest BCUT2D eigenvalue weighted by Gasteiger charge is -2.19. The Labute approximate surface area is 195 Å². The van der Waals surface area contributed by atoms with Crippen molar-refractivity contribution >= 4 is 35.3 Å². The molecule has 33 heavy (non-hydrogen) atoms. The molecule has 3 aromatic carbocycles. The minimum atomic E-state index is -0.981. The Morgan fingerprint density at radius 2 is 1.33 bits per heavy atom. The molecule has 0 saturated carbocycles. The number of fused-ring (bicyclic) bond motifs is 1. The molecule has 3 aromatic rings. The van der Waals surface area contributed by atoms with E-state index in [-0.39, 0.29) is 30.4 Å². The summed E-state index contributed by atoms with van der Waals surface area (Å²) in [5.41, 5.74) is 3.07. The second kappa shape index (κ2) is 9.38. The van der Waals surface area contributed by atoms with E-state index in [0.29, 0.717) is 9.92 Å². The number of carbonyl (C=O) groups is 4. The summed E-state index contributed by atoms with van der Waals surface area (Å²) in [4.78, 5) is 50.1. The van der Waals surface area contributed by atoms with Gasteiger partial charge in [-0.3, -0.25) is 19.2 Å². The maximum atomic E-state index is 13.0. The predicted octanol–water partition coefficient (Wildman–Crippen LogP) is 5.17. The molecule has 1 aliphatic heterocycles. The summed E-state index contributed by atoms with van der Waals surface area (Å²) in [5.74, 6) is -3.37. The van der Waals surface area contributed by atoms with Crippen molar-refractivity contribution in [1.29, 1.82) is 0 Å². The van der Waals surface area contributed by atoms with Gasteiger partial charge in [-0.05, 0) is 53.3 Å². The number of carboxylic acids is 1. The molecule has 0 aromatic heterocycles. The largest absolute Gasteiger partial charge is 0.481 e. The van der Waals surface area contributed by atoms with Crippen molar-refractivity contribution in [3.05, 3.63) is 94.5 Å². The van der Waals surface area contributed by atoms with Gasteiger partial charge < -0.3 is 5.11 Å². The normalized spacial score (nSPS) is 13.7. The third-order valence-corrected chi connectivity index (χ3v) is 5.98. The Morgan fingerprint density at radius 1 is 0.818 bits per heavy atom. The standard InChI is InChI=1S/C26H20ClNO5/c27-20-12-9-17(10-13-20)16-5-7-18(8-6-16)19(11-14-24(30)31)15-23(29)28-25(32)21-3-1-2-4-22(21)26(28)33/h1-10,12-13,19H,11,14-15H2,(H,30,31). The van der Waals surface area contributed by atoms with Crippen molar-refractivity contribution in [2.45, 2.75) is 25.2 Å². The van der Waals surface area contributed by atoms with Gasteiger partial charge in [-0.1, -0.05) is 60.1 Å². The van der Waals surface area contributed by atoms with E-state index in [0.717, 1.165) is 16.7 Å². The van der Waals surface area contributed by atoms with E-state index in [1.54, 1.807) is 24.3 Å². The van der Waals surface area contributed by atoms with E-state index in [4.69, 9.17) is 16.7 Å². The summed E-state index contributed by atoms with van der Waals surface area (Å²) in [6.45, 7) is 0. The summed E-state index contributed by atoms with van der Waals surface area (Å²) in [5, 5.41) is 9.79. The SMILES string of the molecule is O=C(O)CCC(CC(=O)N1C(=O)c2ccccc2C1=O)c1ccc(-c2ccc(Cl)cc2)cc1. The number of aliphatic carboxylic acids is 1. The highest BCUT2D eigenvalue weighted by Gasteiger charge is 2.40. The maximum absolute atomic E-state index is 13.0. The monoisotopic (exact) mass is 461 g/mol. The number of amides is 3. The highest BCUT2D eigenvalue weighted by molar-refractivity contribution is 6.30. The summed E-state index contributed by atoms with van der Waals surface area (Å²) in [6, 6.07) is 21.1. The number of benzene rings is 3. The molecule has 6 nitrogen and oxygen atoms in total. The Morgan fingerprint density at radius 3 is 1.85 bits per heavy atom. The van der Waals surface area contributed by atoms with Crippen LogP contribution in [0.5, 0.6) is 0 Å². The fraction of sp³-hybridized carbons (Fsp3) is 0.154. The second-order valence-corrected chi connectivity index (χ2v) is 8.28. The first-order valence-electron chi connectivity index (χ1n) is 10.4. The third-order valence-electron chi connectivity index (χ3n) is 5.73. The maximum Gasteiger partial charge on any atom is 0.303 e. The molecule has 7 heteroatoms. The van der Waals surface area contributed by atoms with Crippen LogP contribution in [0.1, 0.15) is 51.5 Å². The molecule has 4 rings (SSSR count). The highest BCUT2D eigenvalue weighted by Crippen LogP contribution is 2.31. The molecule has 0 aliphatic carbocycles. The molecule has 3 amide bonds. The van der Waals surface area contributed by atoms with E-state index in [1.807, 2.05) is 36.4 Å². The van der Waals surface area contributed by atoms with Gasteiger partial charge in [-0.25, -0.2) is 4.90 Å². The molecule has 0 fully saturated rings. The molecule has 1 aliphatic rings. The van der Waals surface area contributed by atoms with E-state index in [2.05, 4.69) is 0 Å². The number of hydrogen-bond donors (Lipinski definition) is 1. The quantitative estimate of drug-likeness (QED) is 0.490. The van der Waals surface area contributed by atoms with Gasteiger partial charge >= 0.3 is 5.97 Å². The van der Waals surface area contributed by atoms with Crippen molar-refractivity contribution in [1.82, 2.24) is 4.90 Å². The van der Waals surface area contributed by atoms with Crippen molar-refractivity contribution in [3.8, 4) is 11.1 Å². The van der Waals surface area contributed by atoms with E-state index < -0.39 is 29.6 Å². The minimum absolute atomic E-state index is 0.140. The zero-order valence-electron chi connectivity index (χ0n) is 17.5. The Balaban J connectivity index is 1.56. The van der Waals surface area contributed by atoms with E-state index in [9.17, 15) is 19.2 Å². The van der Waals surface area contributed by atoms with Crippen molar-refractivity contribution in [3.63, 3.8) is 0 Å². The fourth-order valence-electron chi connectivity index (χ4n) is 3.99. The van der Waals surface area contributed by atoms with Crippen molar-refractivity contribution in [2.24, 2.45) is 0 Å². The summed E-state index contributed by atoms with van der Waals surface area (Å²) in [6.07, 6.45) is -0.0947. The predicted molar refractivity (Wildman–Crippen MR) is 123 cm³/mol. The average Bonchev–Trinajstić information content (AvgIpc) is 3.07. The van der Waals surface area contributed by atoms with Gasteiger partial charge in [0.15, 0.2) is 0 Å². The Bertz CT molecular complexity index is 1200. The van der Waals surface area contributed by atoms with Crippen LogP contribution in [0.2, 0.25) is 5.02 Å². The van der Waals surface area contributed by atoms with Crippen LogP contribution in [0.3, 0.4) is 0 Å². The van der Waals surface area contributed by atoms with Crippen LogP contribution in [0.4, 0.5) is 0 Å². The van der Waals surface area contributed by atoms with Crippen LogP contribution in [-0.4, -0.2) is 33.7 Å².